The van der Waals surface area contributed by atoms with Gasteiger partial charge in [0.15, 0.2) is 0 Å². The van der Waals surface area contributed by atoms with Crippen LogP contribution in [0.4, 0.5) is 5.82 Å². The summed E-state index contributed by atoms with van der Waals surface area (Å²) in [6.07, 6.45) is 2.21. The Kier molecular flexibility index (Phi) is 3.49. The zero-order chi connectivity index (χ0) is 16.7. The molecule has 4 rings (SSSR count). The van der Waals surface area contributed by atoms with Crippen LogP contribution in [0.5, 0.6) is 0 Å². The predicted octanol–water partition coefficient (Wildman–Crippen LogP) is 4.20. The Hall–Kier alpha value is -2.82. The molecule has 5 nitrogen and oxygen atoms in total. The van der Waals surface area contributed by atoms with E-state index < -0.39 is 0 Å². The lowest BCUT2D eigenvalue weighted by atomic mass is 9.92. The average molecular weight is 321 g/mol. The molecule has 122 valence electrons. The summed E-state index contributed by atoms with van der Waals surface area (Å²) >= 11 is 0. The zero-order valence-electron chi connectivity index (χ0n) is 13.7. The highest BCUT2D eigenvalue weighted by Gasteiger charge is 2.32. The summed E-state index contributed by atoms with van der Waals surface area (Å²) < 4.78 is 7.91. The number of nitrogens with one attached hydrogen (secondary N) is 1. The maximum atomic E-state index is 12.2. The van der Waals surface area contributed by atoms with Gasteiger partial charge in [-0.05, 0) is 26.0 Å². The largest absolute Gasteiger partial charge is 0.460 e. The highest BCUT2D eigenvalue weighted by Crippen LogP contribution is 2.39. The summed E-state index contributed by atoms with van der Waals surface area (Å²) in [7, 11) is 0. The summed E-state index contributed by atoms with van der Waals surface area (Å²) in [5, 5.41) is 7.38. The van der Waals surface area contributed by atoms with Crippen LogP contribution in [0.25, 0.3) is 11.3 Å². The van der Waals surface area contributed by atoms with Gasteiger partial charge in [0.25, 0.3) is 0 Å². The number of carbonyl (C=O) groups excluding carboxylic acids is 1. The molecule has 5 heteroatoms. The summed E-state index contributed by atoms with van der Waals surface area (Å²) in [5.74, 6) is 2.29. The third-order valence-corrected chi connectivity index (χ3v) is 4.36. The lowest BCUT2D eigenvalue weighted by Crippen LogP contribution is -2.25. The van der Waals surface area contributed by atoms with Crippen molar-refractivity contribution in [3.63, 3.8) is 0 Å². The van der Waals surface area contributed by atoms with Crippen LogP contribution in [0.3, 0.4) is 0 Å². The van der Waals surface area contributed by atoms with Gasteiger partial charge in [-0.3, -0.25) is 4.79 Å². The van der Waals surface area contributed by atoms with Gasteiger partial charge in [0.05, 0.1) is 12.1 Å². The highest BCUT2D eigenvalue weighted by atomic mass is 16.3. The van der Waals surface area contributed by atoms with Gasteiger partial charge >= 0.3 is 0 Å². The zero-order valence-corrected chi connectivity index (χ0v) is 13.7. The number of furan rings is 1. The van der Waals surface area contributed by atoms with Crippen LogP contribution >= 0.6 is 0 Å². The third kappa shape index (κ3) is 2.42. The van der Waals surface area contributed by atoms with Crippen LogP contribution in [-0.2, 0) is 4.79 Å². The van der Waals surface area contributed by atoms with Crippen molar-refractivity contribution in [3.05, 3.63) is 60.0 Å². The van der Waals surface area contributed by atoms with Crippen LogP contribution in [0.15, 0.2) is 53.1 Å². The fraction of sp³-hybridized carbons (Fsp3) is 0.263. The van der Waals surface area contributed by atoms with E-state index in [2.05, 4.69) is 10.4 Å². The molecule has 3 aromatic rings. The number of hydrogen-bond acceptors (Lipinski definition) is 3. The van der Waals surface area contributed by atoms with Crippen LogP contribution in [0, 0.1) is 0 Å². The van der Waals surface area contributed by atoms with E-state index in [9.17, 15) is 4.79 Å². The minimum Gasteiger partial charge on any atom is -0.460 e. The normalized spacial score (nSPS) is 17.0. The number of anilines is 1. The second-order valence-corrected chi connectivity index (χ2v) is 6.36. The van der Waals surface area contributed by atoms with Gasteiger partial charge in [0.1, 0.15) is 17.3 Å². The van der Waals surface area contributed by atoms with Crippen molar-refractivity contribution in [1.29, 1.82) is 0 Å². The molecule has 0 fully saturated rings. The summed E-state index contributed by atoms with van der Waals surface area (Å²) in [6.45, 7) is 4.09. The Balaban J connectivity index is 1.73. The van der Waals surface area contributed by atoms with Gasteiger partial charge in [-0.15, -0.1) is 0 Å². The molecule has 0 radical (unpaired) electrons. The fourth-order valence-corrected chi connectivity index (χ4v) is 3.18. The van der Waals surface area contributed by atoms with Crippen LogP contribution in [0.2, 0.25) is 0 Å². The SMILES string of the molecule is CC(C)n1ncc2c1NC(=O)C[C@H]2c1ccc(-c2ccccc2)o1. The fourth-order valence-electron chi connectivity index (χ4n) is 3.18. The van der Waals surface area contributed by atoms with Crippen molar-refractivity contribution in [2.75, 3.05) is 5.32 Å². The Morgan fingerprint density at radius 2 is 2.00 bits per heavy atom. The third-order valence-electron chi connectivity index (χ3n) is 4.36. The number of hydrogen-bond donors (Lipinski definition) is 1. The van der Waals surface area contributed by atoms with Crippen molar-refractivity contribution in [1.82, 2.24) is 9.78 Å². The molecular weight excluding hydrogens is 302 g/mol. The van der Waals surface area contributed by atoms with Gasteiger partial charge in [-0.2, -0.15) is 5.10 Å². The molecule has 0 unspecified atom stereocenters. The molecule has 1 N–H and O–H groups in total. The molecule has 0 aliphatic carbocycles. The van der Waals surface area contributed by atoms with Crippen LogP contribution in [0.1, 0.15) is 43.6 Å². The lowest BCUT2D eigenvalue weighted by Gasteiger charge is -2.23. The second kappa shape index (κ2) is 5.67. The second-order valence-electron chi connectivity index (χ2n) is 6.36. The Morgan fingerprint density at radius 3 is 2.75 bits per heavy atom. The number of rotatable bonds is 3. The predicted molar refractivity (Wildman–Crippen MR) is 91.8 cm³/mol. The minimum atomic E-state index is -0.0984. The van der Waals surface area contributed by atoms with Crippen LogP contribution in [-0.4, -0.2) is 15.7 Å². The molecule has 3 heterocycles. The van der Waals surface area contributed by atoms with E-state index in [0.29, 0.717) is 6.42 Å². The smallest absolute Gasteiger partial charge is 0.226 e. The first kappa shape index (κ1) is 14.8. The Bertz CT molecular complexity index is 877. The first-order chi connectivity index (χ1) is 11.6. The highest BCUT2D eigenvalue weighted by molar-refractivity contribution is 5.94. The lowest BCUT2D eigenvalue weighted by molar-refractivity contribution is -0.116. The number of aromatic nitrogens is 2. The number of nitrogens with zero attached hydrogens (tertiary/aromatic N) is 2. The molecule has 1 amide bonds. The molecule has 24 heavy (non-hydrogen) atoms. The van der Waals surface area contributed by atoms with Gasteiger partial charge < -0.3 is 9.73 Å². The number of fused-ring (bicyclic) bond motifs is 1. The molecule has 0 saturated heterocycles. The van der Waals surface area contributed by atoms with Gasteiger partial charge in [0.2, 0.25) is 5.91 Å². The van der Waals surface area contributed by atoms with E-state index in [1.54, 1.807) is 0 Å². The van der Waals surface area contributed by atoms with Crippen molar-refractivity contribution < 1.29 is 9.21 Å². The molecular formula is C19H19N3O2. The molecule has 1 aliphatic rings. The van der Waals surface area contributed by atoms with Crippen molar-refractivity contribution in [2.24, 2.45) is 0 Å². The summed E-state index contributed by atoms with van der Waals surface area (Å²) in [4.78, 5) is 12.2. The van der Waals surface area contributed by atoms with E-state index >= 15 is 0 Å². The van der Waals surface area contributed by atoms with E-state index in [1.807, 2.05) is 67.2 Å². The molecule has 0 spiro atoms. The van der Waals surface area contributed by atoms with E-state index in [1.165, 1.54) is 0 Å². The van der Waals surface area contributed by atoms with E-state index in [0.717, 1.165) is 28.5 Å². The standard InChI is InChI=1S/C19H19N3O2/c1-12(2)22-19-15(11-20-22)14(10-18(23)21-19)17-9-8-16(24-17)13-6-4-3-5-7-13/h3-9,11-12,14H,10H2,1-2H3,(H,21,23)/t14-/m1/s1. The van der Waals surface area contributed by atoms with Crippen molar-refractivity contribution in [3.8, 4) is 11.3 Å². The first-order valence-electron chi connectivity index (χ1n) is 8.16. The quantitative estimate of drug-likeness (QED) is 0.786. The van der Waals surface area contributed by atoms with Crippen LogP contribution < -0.4 is 5.32 Å². The topological polar surface area (TPSA) is 60.1 Å². The molecule has 1 aromatic carbocycles. The average Bonchev–Trinajstić information content (AvgIpc) is 3.22. The maximum absolute atomic E-state index is 12.2. The van der Waals surface area contributed by atoms with Crippen molar-refractivity contribution >= 4 is 11.7 Å². The van der Waals surface area contributed by atoms with Gasteiger partial charge in [-0.1, -0.05) is 30.3 Å². The van der Waals surface area contributed by atoms with E-state index in [-0.39, 0.29) is 17.9 Å². The molecule has 0 bridgehead atoms. The monoisotopic (exact) mass is 321 g/mol. The molecule has 0 saturated carbocycles. The summed E-state index contributed by atoms with van der Waals surface area (Å²) in [5.41, 5.74) is 2.04. The minimum absolute atomic E-state index is 0.00689. The van der Waals surface area contributed by atoms with Gasteiger partial charge in [-0.25, -0.2) is 4.68 Å². The summed E-state index contributed by atoms with van der Waals surface area (Å²) in [6, 6.07) is 14.1. The molecule has 2 aromatic heterocycles. The van der Waals surface area contributed by atoms with Crippen molar-refractivity contribution in [2.45, 2.75) is 32.2 Å². The Morgan fingerprint density at radius 1 is 1.21 bits per heavy atom. The Labute approximate surface area is 140 Å². The molecule has 1 aliphatic heterocycles. The van der Waals surface area contributed by atoms with E-state index in [4.69, 9.17) is 4.42 Å². The van der Waals surface area contributed by atoms with Gasteiger partial charge in [0, 0.05) is 23.6 Å². The number of carbonyl (C=O) groups is 1. The number of amides is 1. The number of benzene rings is 1. The maximum Gasteiger partial charge on any atom is 0.226 e. The molecule has 1 atom stereocenters. The first-order valence-corrected chi connectivity index (χ1v) is 8.16.